The first-order valence-electron chi connectivity index (χ1n) is 8.80. The van der Waals surface area contributed by atoms with E-state index in [1.165, 1.54) is 12.3 Å². The van der Waals surface area contributed by atoms with Crippen molar-refractivity contribution < 1.29 is 23.5 Å². The van der Waals surface area contributed by atoms with Crippen LogP contribution < -0.4 is 10.6 Å². The van der Waals surface area contributed by atoms with Gasteiger partial charge in [0.15, 0.2) is 12.4 Å². The summed E-state index contributed by atoms with van der Waals surface area (Å²) in [6.45, 7) is 5.14. The number of esters is 1. The lowest BCUT2D eigenvalue weighted by atomic mass is 10.0. The first-order chi connectivity index (χ1) is 12.9. The highest BCUT2D eigenvalue weighted by Crippen LogP contribution is 2.10. The Morgan fingerprint density at radius 2 is 1.81 bits per heavy atom. The molecule has 0 fully saturated rings. The van der Waals surface area contributed by atoms with Crippen LogP contribution in [0.2, 0.25) is 0 Å². The van der Waals surface area contributed by atoms with E-state index in [1.807, 2.05) is 19.1 Å². The molecule has 0 aliphatic heterocycles. The molecule has 2 aromatic rings. The summed E-state index contributed by atoms with van der Waals surface area (Å²) in [5.74, 6) is -1.77. The minimum Gasteiger partial charge on any atom is -0.459 e. The second-order valence-electron chi connectivity index (χ2n) is 6.38. The summed E-state index contributed by atoms with van der Waals surface area (Å²) in [5, 5.41) is 5.23. The quantitative estimate of drug-likeness (QED) is 0.695. The third-order valence-electron chi connectivity index (χ3n) is 3.94. The van der Waals surface area contributed by atoms with Crippen LogP contribution in [0.5, 0.6) is 0 Å². The summed E-state index contributed by atoms with van der Waals surface area (Å²) in [7, 11) is 0. The van der Waals surface area contributed by atoms with Gasteiger partial charge in [0.25, 0.3) is 11.8 Å². The maximum Gasteiger partial charge on any atom is 0.329 e. The minimum atomic E-state index is -0.890. The van der Waals surface area contributed by atoms with Crippen molar-refractivity contribution in [2.45, 2.75) is 33.2 Å². The lowest BCUT2D eigenvalue weighted by Gasteiger charge is -2.20. The van der Waals surface area contributed by atoms with E-state index in [9.17, 15) is 14.4 Å². The van der Waals surface area contributed by atoms with Crippen LogP contribution in [0.1, 0.15) is 36.9 Å². The Morgan fingerprint density at radius 3 is 2.37 bits per heavy atom. The average Bonchev–Trinajstić information content (AvgIpc) is 3.19. The Morgan fingerprint density at radius 1 is 1.11 bits per heavy atom. The first kappa shape index (κ1) is 20.2. The number of ether oxygens (including phenoxy) is 1. The van der Waals surface area contributed by atoms with E-state index in [0.29, 0.717) is 5.69 Å². The minimum absolute atomic E-state index is 0.0988. The third kappa shape index (κ3) is 5.99. The molecule has 1 atom stereocenters. The Hall–Kier alpha value is -3.09. The van der Waals surface area contributed by atoms with Crippen LogP contribution in [0.15, 0.2) is 47.1 Å². The van der Waals surface area contributed by atoms with Crippen LogP contribution in [-0.2, 0) is 20.7 Å². The van der Waals surface area contributed by atoms with Gasteiger partial charge in [-0.25, -0.2) is 4.79 Å². The van der Waals surface area contributed by atoms with Gasteiger partial charge in [-0.2, -0.15) is 0 Å². The summed E-state index contributed by atoms with van der Waals surface area (Å²) in [4.78, 5) is 36.3. The highest BCUT2D eigenvalue weighted by Gasteiger charge is 2.27. The van der Waals surface area contributed by atoms with Crippen LogP contribution in [0, 0.1) is 5.92 Å². The summed E-state index contributed by atoms with van der Waals surface area (Å²) in [5.41, 5.74) is 1.78. The highest BCUT2D eigenvalue weighted by atomic mass is 16.5. The molecule has 144 valence electrons. The van der Waals surface area contributed by atoms with Crippen LogP contribution in [0.3, 0.4) is 0 Å². The molecule has 0 aliphatic carbocycles. The van der Waals surface area contributed by atoms with Gasteiger partial charge < -0.3 is 19.8 Å². The van der Waals surface area contributed by atoms with Crippen molar-refractivity contribution in [3.05, 3.63) is 54.0 Å². The Balaban J connectivity index is 1.86. The van der Waals surface area contributed by atoms with Gasteiger partial charge in [0.1, 0.15) is 6.04 Å². The number of carbonyl (C=O) groups excluding carboxylic acids is 3. The fourth-order valence-electron chi connectivity index (χ4n) is 2.37. The number of anilines is 1. The lowest BCUT2D eigenvalue weighted by molar-refractivity contribution is -0.150. The molecule has 7 nitrogen and oxygen atoms in total. The van der Waals surface area contributed by atoms with Crippen molar-refractivity contribution in [1.29, 1.82) is 0 Å². The molecule has 0 saturated heterocycles. The summed E-state index contributed by atoms with van der Waals surface area (Å²) >= 11 is 0. The van der Waals surface area contributed by atoms with Crippen molar-refractivity contribution in [2.24, 2.45) is 5.92 Å². The van der Waals surface area contributed by atoms with Crippen LogP contribution >= 0.6 is 0 Å². The molecule has 0 bridgehead atoms. The molecule has 0 spiro atoms. The fourth-order valence-corrected chi connectivity index (χ4v) is 2.37. The molecule has 27 heavy (non-hydrogen) atoms. The Bertz CT molecular complexity index is 766. The lowest BCUT2D eigenvalue weighted by Crippen LogP contribution is -2.45. The van der Waals surface area contributed by atoms with E-state index in [-0.39, 0.29) is 11.7 Å². The largest absolute Gasteiger partial charge is 0.459 e. The summed E-state index contributed by atoms with van der Waals surface area (Å²) < 4.78 is 10.1. The molecule has 0 saturated carbocycles. The summed E-state index contributed by atoms with van der Waals surface area (Å²) in [6.07, 6.45) is 2.28. The average molecular weight is 372 g/mol. The molecule has 1 heterocycles. The molecule has 2 N–H and O–H groups in total. The number of furan rings is 1. The van der Waals surface area contributed by atoms with Gasteiger partial charge in [-0.3, -0.25) is 9.59 Å². The zero-order chi connectivity index (χ0) is 19.8. The van der Waals surface area contributed by atoms with Crippen molar-refractivity contribution in [1.82, 2.24) is 5.32 Å². The molecule has 0 aliphatic rings. The topological polar surface area (TPSA) is 97.6 Å². The van der Waals surface area contributed by atoms with Gasteiger partial charge in [-0.1, -0.05) is 32.9 Å². The van der Waals surface area contributed by atoms with E-state index >= 15 is 0 Å². The van der Waals surface area contributed by atoms with E-state index in [0.717, 1.165) is 12.0 Å². The SMILES string of the molecule is CCc1ccc(NC(=O)COC(=O)[C@@H](NC(=O)c2ccco2)C(C)C)cc1. The van der Waals surface area contributed by atoms with E-state index in [4.69, 9.17) is 9.15 Å². The van der Waals surface area contributed by atoms with Gasteiger partial charge in [0.2, 0.25) is 0 Å². The number of nitrogens with one attached hydrogen (secondary N) is 2. The Labute approximate surface area is 158 Å². The van der Waals surface area contributed by atoms with Crippen molar-refractivity contribution in [3.63, 3.8) is 0 Å². The second kappa shape index (κ2) is 9.56. The molecular formula is C20H24N2O5. The fraction of sp³-hybridized carbons (Fsp3) is 0.350. The normalized spacial score (nSPS) is 11.7. The predicted molar refractivity (Wildman–Crippen MR) is 100 cm³/mol. The third-order valence-corrected chi connectivity index (χ3v) is 3.94. The molecular weight excluding hydrogens is 348 g/mol. The number of carbonyl (C=O) groups is 3. The molecule has 0 radical (unpaired) electrons. The van der Waals surface area contributed by atoms with Crippen LogP contribution in [0.25, 0.3) is 0 Å². The number of rotatable bonds is 8. The van der Waals surface area contributed by atoms with Gasteiger partial charge in [0, 0.05) is 5.69 Å². The number of amides is 2. The zero-order valence-electron chi connectivity index (χ0n) is 15.7. The van der Waals surface area contributed by atoms with Gasteiger partial charge in [-0.15, -0.1) is 0 Å². The molecule has 1 aromatic carbocycles. The van der Waals surface area contributed by atoms with Crippen LogP contribution in [-0.4, -0.2) is 30.4 Å². The van der Waals surface area contributed by atoms with E-state index in [2.05, 4.69) is 10.6 Å². The monoisotopic (exact) mass is 372 g/mol. The molecule has 0 unspecified atom stereocenters. The molecule has 7 heteroatoms. The summed E-state index contributed by atoms with van der Waals surface area (Å²) in [6, 6.07) is 9.60. The maximum atomic E-state index is 12.3. The van der Waals surface area contributed by atoms with Gasteiger partial charge >= 0.3 is 5.97 Å². The highest BCUT2D eigenvalue weighted by molar-refractivity contribution is 5.96. The molecule has 2 amide bonds. The van der Waals surface area contributed by atoms with Gasteiger partial charge in [0.05, 0.1) is 6.26 Å². The Kier molecular flexibility index (Phi) is 7.16. The first-order valence-corrected chi connectivity index (χ1v) is 8.80. The molecule has 1 aromatic heterocycles. The van der Waals surface area contributed by atoms with Crippen molar-refractivity contribution >= 4 is 23.5 Å². The zero-order valence-corrected chi connectivity index (χ0v) is 15.7. The second-order valence-corrected chi connectivity index (χ2v) is 6.38. The van der Waals surface area contributed by atoms with E-state index in [1.54, 1.807) is 32.0 Å². The van der Waals surface area contributed by atoms with Crippen molar-refractivity contribution in [2.75, 3.05) is 11.9 Å². The van der Waals surface area contributed by atoms with E-state index < -0.39 is 30.4 Å². The maximum absolute atomic E-state index is 12.3. The number of aryl methyl sites for hydroxylation is 1. The molecule has 2 rings (SSSR count). The van der Waals surface area contributed by atoms with Crippen molar-refractivity contribution in [3.8, 4) is 0 Å². The smallest absolute Gasteiger partial charge is 0.329 e. The number of hydrogen-bond acceptors (Lipinski definition) is 5. The predicted octanol–water partition coefficient (Wildman–Crippen LogP) is 2.78. The van der Waals surface area contributed by atoms with Crippen LogP contribution in [0.4, 0.5) is 5.69 Å². The van der Waals surface area contributed by atoms with Gasteiger partial charge in [-0.05, 0) is 42.2 Å². The standard InChI is InChI=1S/C20H24N2O5/c1-4-14-7-9-15(10-8-14)21-17(23)12-27-20(25)18(13(2)3)22-19(24)16-6-5-11-26-16/h5-11,13,18H,4,12H2,1-3H3,(H,21,23)(H,22,24)/t18-/m0/s1. The number of benzene rings is 1. The number of hydrogen-bond donors (Lipinski definition) is 2.